The van der Waals surface area contributed by atoms with E-state index in [0.29, 0.717) is 12.3 Å². The monoisotopic (exact) mass is 366 g/mol. The maximum absolute atomic E-state index is 12.2. The predicted octanol–water partition coefficient (Wildman–Crippen LogP) is 2.64. The summed E-state index contributed by atoms with van der Waals surface area (Å²) in [4.78, 5) is 14.0. The van der Waals surface area contributed by atoms with Gasteiger partial charge in [0.05, 0.1) is 5.69 Å². The Kier molecular flexibility index (Phi) is 11.6. The number of nitrogens with two attached hydrogens (primary N) is 1. The van der Waals surface area contributed by atoms with Gasteiger partial charge in [0.2, 0.25) is 5.91 Å². The van der Waals surface area contributed by atoms with Crippen molar-refractivity contribution >= 4 is 30.7 Å². The van der Waals surface area contributed by atoms with Crippen molar-refractivity contribution in [2.24, 2.45) is 18.7 Å². The normalized spacial score (nSPS) is 11.7. The van der Waals surface area contributed by atoms with E-state index in [0.717, 1.165) is 30.8 Å². The Bertz CT molecular complexity index is 489. The third-order valence-corrected chi connectivity index (χ3v) is 4.33. The summed E-state index contributed by atoms with van der Waals surface area (Å²) in [5.74, 6) is 0.628. The molecule has 1 aromatic rings. The van der Waals surface area contributed by atoms with Crippen LogP contribution in [0.3, 0.4) is 0 Å². The summed E-state index contributed by atoms with van der Waals surface area (Å²) in [5, 5.41) is 4.39. The van der Waals surface area contributed by atoms with Crippen LogP contribution in [0.15, 0.2) is 0 Å². The average molecular weight is 367 g/mol. The fourth-order valence-corrected chi connectivity index (χ4v) is 2.40. The molecule has 1 heterocycles. The summed E-state index contributed by atoms with van der Waals surface area (Å²) in [6.45, 7) is 8.99. The molecule has 0 fully saturated rings. The average Bonchev–Trinajstić information content (AvgIpc) is 2.66. The Hall–Kier alpha value is -0.780. The second-order valence-electron chi connectivity index (χ2n) is 6.28. The summed E-state index contributed by atoms with van der Waals surface area (Å²) in [6, 6.07) is 0.156. The van der Waals surface area contributed by atoms with Gasteiger partial charge in [0.15, 0.2) is 0 Å². The van der Waals surface area contributed by atoms with E-state index in [1.54, 1.807) is 4.90 Å². The van der Waals surface area contributed by atoms with Crippen molar-refractivity contribution in [1.82, 2.24) is 14.7 Å². The zero-order valence-corrected chi connectivity index (χ0v) is 16.8. The molecule has 1 aromatic heterocycles. The zero-order valence-electron chi connectivity index (χ0n) is 15.1. The lowest BCUT2D eigenvalue weighted by Crippen LogP contribution is -2.34. The van der Waals surface area contributed by atoms with Crippen molar-refractivity contribution < 1.29 is 4.79 Å². The van der Waals surface area contributed by atoms with E-state index in [-0.39, 0.29) is 36.8 Å². The zero-order chi connectivity index (χ0) is 16.2. The van der Waals surface area contributed by atoms with Gasteiger partial charge in [-0.3, -0.25) is 9.48 Å². The van der Waals surface area contributed by atoms with Crippen molar-refractivity contribution in [3.8, 4) is 0 Å². The first-order chi connectivity index (χ1) is 9.73. The van der Waals surface area contributed by atoms with Gasteiger partial charge in [0.1, 0.15) is 0 Å². The number of halogens is 2. The van der Waals surface area contributed by atoms with Crippen LogP contribution in [0, 0.1) is 19.8 Å². The summed E-state index contributed by atoms with van der Waals surface area (Å²) in [5.41, 5.74) is 9.38. The third kappa shape index (κ3) is 7.10. The van der Waals surface area contributed by atoms with Crippen LogP contribution in [0.25, 0.3) is 0 Å². The molecule has 23 heavy (non-hydrogen) atoms. The van der Waals surface area contributed by atoms with Gasteiger partial charge in [0.25, 0.3) is 0 Å². The van der Waals surface area contributed by atoms with Gasteiger partial charge >= 0.3 is 0 Å². The van der Waals surface area contributed by atoms with Gasteiger partial charge in [-0.25, -0.2) is 0 Å². The highest BCUT2D eigenvalue weighted by atomic mass is 35.5. The number of carbonyl (C=O) groups excluding carboxylic acids is 1. The first kappa shape index (κ1) is 24.5. The minimum Gasteiger partial charge on any atom is -0.346 e. The van der Waals surface area contributed by atoms with Crippen LogP contribution < -0.4 is 5.73 Å². The van der Waals surface area contributed by atoms with Crippen LogP contribution in [-0.4, -0.2) is 40.2 Å². The molecule has 5 nitrogen and oxygen atoms in total. The maximum Gasteiger partial charge on any atom is 0.222 e. The molecular weight excluding hydrogens is 335 g/mol. The lowest BCUT2D eigenvalue weighted by molar-refractivity contribution is -0.129. The number of hydrogen-bond donors (Lipinski definition) is 1. The molecule has 0 bridgehead atoms. The lowest BCUT2D eigenvalue weighted by Gasteiger charge is -2.21. The molecule has 0 aliphatic heterocycles. The van der Waals surface area contributed by atoms with E-state index in [1.807, 2.05) is 32.6 Å². The molecule has 0 radical (unpaired) electrons. The second kappa shape index (κ2) is 10.9. The van der Waals surface area contributed by atoms with Crippen LogP contribution in [0.1, 0.15) is 43.6 Å². The fraction of sp³-hybridized carbons (Fsp3) is 0.750. The summed E-state index contributed by atoms with van der Waals surface area (Å²) in [7, 11) is 3.80. The Labute approximate surface area is 152 Å². The number of aryl methyl sites for hydroxylation is 2. The Morgan fingerprint density at radius 3 is 2.30 bits per heavy atom. The van der Waals surface area contributed by atoms with Crippen LogP contribution in [-0.2, 0) is 18.3 Å². The quantitative estimate of drug-likeness (QED) is 0.806. The van der Waals surface area contributed by atoms with Gasteiger partial charge in [-0.05, 0) is 38.2 Å². The molecule has 0 saturated carbocycles. The van der Waals surface area contributed by atoms with E-state index >= 15 is 0 Å². The first-order valence-electron chi connectivity index (χ1n) is 7.72. The number of hydrogen-bond acceptors (Lipinski definition) is 3. The Morgan fingerprint density at radius 1 is 1.30 bits per heavy atom. The summed E-state index contributed by atoms with van der Waals surface area (Å²) in [6.07, 6.45) is 2.14. The van der Waals surface area contributed by atoms with Crippen LogP contribution in [0.4, 0.5) is 0 Å². The first-order valence-corrected chi connectivity index (χ1v) is 7.72. The molecule has 1 rings (SSSR count). The number of carbonyl (C=O) groups is 1. The summed E-state index contributed by atoms with van der Waals surface area (Å²) < 4.78 is 1.88. The number of rotatable bonds is 7. The molecular formula is C16H32Cl2N4O. The van der Waals surface area contributed by atoms with Gasteiger partial charge < -0.3 is 10.6 Å². The molecule has 1 unspecified atom stereocenters. The molecule has 0 aliphatic carbocycles. The largest absolute Gasteiger partial charge is 0.346 e. The van der Waals surface area contributed by atoms with Crippen LogP contribution in [0.5, 0.6) is 0 Å². The smallest absolute Gasteiger partial charge is 0.222 e. The molecule has 0 saturated heterocycles. The molecule has 136 valence electrons. The number of amides is 1. The second-order valence-corrected chi connectivity index (χ2v) is 6.28. The maximum atomic E-state index is 12.2. The van der Waals surface area contributed by atoms with Gasteiger partial charge in [-0.2, -0.15) is 5.10 Å². The van der Waals surface area contributed by atoms with E-state index in [4.69, 9.17) is 5.73 Å². The fourth-order valence-electron chi connectivity index (χ4n) is 2.40. The molecule has 1 atom stereocenters. The molecule has 0 aliphatic rings. The third-order valence-electron chi connectivity index (χ3n) is 4.33. The minimum absolute atomic E-state index is 0. The molecule has 1 amide bonds. The molecule has 0 spiro atoms. The standard InChI is InChI=1S/C16H30N4O.2ClH/c1-11(2)15(17)9-10-19(5)16(21)8-7-14-12(3)18-20(6)13(14)4;;/h11,15H,7-10,17H2,1-6H3;2*1H. The van der Waals surface area contributed by atoms with E-state index in [9.17, 15) is 4.79 Å². The van der Waals surface area contributed by atoms with Gasteiger partial charge in [-0.1, -0.05) is 13.8 Å². The Morgan fingerprint density at radius 2 is 1.87 bits per heavy atom. The highest BCUT2D eigenvalue weighted by Crippen LogP contribution is 2.14. The Balaban J connectivity index is 0. The SMILES string of the molecule is Cc1nn(C)c(C)c1CCC(=O)N(C)CCC(N)C(C)C.Cl.Cl. The van der Waals surface area contributed by atoms with Crippen LogP contribution >= 0.6 is 24.8 Å². The van der Waals surface area contributed by atoms with Crippen molar-refractivity contribution in [2.45, 2.75) is 53.0 Å². The number of aromatic nitrogens is 2. The van der Waals surface area contributed by atoms with E-state index in [2.05, 4.69) is 18.9 Å². The molecule has 2 N–H and O–H groups in total. The van der Waals surface area contributed by atoms with Gasteiger partial charge in [0, 0.05) is 38.8 Å². The van der Waals surface area contributed by atoms with E-state index < -0.39 is 0 Å². The topological polar surface area (TPSA) is 64.2 Å². The predicted molar refractivity (Wildman–Crippen MR) is 101 cm³/mol. The van der Waals surface area contributed by atoms with Crippen molar-refractivity contribution in [3.63, 3.8) is 0 Å². The van der Waals surface area contributed by atoms with Crippen LogP contribution in [0.2, 0.25) is 0 Å². The highest BCUT2D eigenvalue weighted by Gasteiger charge is 2.15. The molecule has 7 heteroatoms. The van der Waals surface area contributed by atoms with Crippen molar-refractivity contribution in [1.29, 1.82) is 0 Å². The highest BCUT2D eigenvalue weighted by molar-refractivity contribution is 5.85. The minimum atomic E-state index is 0. The molecule has 0 aromatic carbocycles. The van der Waals surface area contributed by atoms with Crippen molar-refractivity contribution in [2.75, 3.05) is 13.6 Å². The summed E-state index contributed by atoms with van der Waals surface area (Å²) >= 11 is 0. The van der Waals surface area contributed by atoms with Crippen molar-refractivity contribution in [3.05, 3.63) is 17.0 Å². The number of nitrogens with zero attached hydrogens (tertiary/aromatic N) is 3. The lowest BCUT2D eigenvalue weighted by atomic mass is 10.0. The van der Waals surface area contributed by atoms with E-state index in [1.165, 1.54) is 5.56 Å². The van der Waals surface area contributed by atoms with Gasteiger partial charge in [-0.15, -0.1) is 24.8 Å².